The molecule has 1 aromatic heterocycles. The topological polar surface area (TPSA) is 12.0 Å². The molecule has 1 heterocycles. The highest BCUT2D eigenvalue weighted by molar-refractivity contribution is 7.99. The Balaban J connectivity index is 1.87. The molecule has 1 atom stereocenters. The molecule has 1 unspecified atom stereocenters. The second-order valence-electron chi connectivity index (χ2n) is 4.04. The Labute approximate surface area is 115 Å². The van der Waals surface area contributed by atoms with Crippen molar-refractivity contribution in [2.75, 3.05) is 12.8 Å². The third-order valence-corrected chi connectivity index (χ3v) is 4.74. The number of thioether (sulfide) groups is 1. The van der Waals surface area contributed by atoms with Crippen LogP contribution in [-0.4, -0.2) is 18.8 Å². The third-order valence-electron chi connectivity index (χ3n) is 2.68. The molecule has 0 fully saturated rings. The highest BCUT2D eigenvalue weighted by Crippen LogP contribution is 2.21. The van der Waals surface area contributed by atoms with Gasteiger partial charge in [-0.15, -0.1) is 23.1 Å². The summed E-state index contributed by atoms with van der Waals surface area (Å²) < 4.78 is 13.1. The van der Waals surface area contributed by atoms with Crippen LogP contribution in [0.15, 0.2) is 46.7 Å². The third kappa shape index (κ3) is 4.12. The standard InChI is InChI=1S/C14H16FNS2/c1-16-12(9-14-6-3-7-17-14)10-18-13-5-2-4-11(15)8-13/h2-8,12,16H,9-10H2,1H3. The minimum absolute atomic E-state index is 0.167. The van der Waals surface area contributed by atoms with Gasteiger partial charge in [0, 0.05) is 21.6 Å². The molecular formula is C14H16FNS2. The summed E-state index contributed by atoms with van der Waals surface area (Å²) in [7, 11) is 1.98. The summed E-state index contributed by atoms with van der Waals surface area (Å²) in [5.74, 6) is 0.775. The average Bonchev–Trinajstić information content (AvgIpc) is 2.87. The zero-order chi connectivity index (χ0) is 12.8. The Hall–Kier alpha value is -0.840. The number of rotatable bonds is 6. The fourth-order valence-electron chi connectivity index (χ4n) is 1.67. The van der Waals surface area contributed by atoms with Crippen molar-refractivity contribution in [3.63, 3.8) is 0 Å². The molecule has 4 heteroatoms. The summed E-state index contributed by atoms with van der Waals surface area (Å²) in [4.78, 5) is 2.37. The number of halogens is 1. The molecule has 2 rings (SSSR count). The van der Waals surface area contributed by atoms with Crippen LogP contribution in [0.25, 0.3) is 0 Å². The number of hydrogen-bond donors (Lipinski definition) is 1. The number of nitrogens with one attached hydrogen (secondary N) is 1. The molecule has 1 N–H and O–H groups in total. The molecule has 0 saturated carbocycles. The maximum Gasteiger partial charge on any atom is 0.124 e. The zero-order valence-corrected chi connectivity index (χ0v) is 11.9. The van der Waals surface area contributed by atoms with Crippen LogP contribution in [0.3, 0.4) is 0 Å². The van der Waals surface area contributed by atoms with Crippen molar-refractivity contribution in [3.05, 3.63) is 52.5 Å². The predicted octanol–water partition coefficient (Wildman–Crippen LogP) is 3.81. The number of likely N-dealkylation sites (N-methyl/N-ethyl adjacent to an activating group) is 1. The van der Waals surface area contributed by atoms with E-state index in [0.717, 1.165) is 17.1 Å². The molecule has 0 bridgehead atoms. The highest BCUT2D eigenvalue weighted by Gasteiger charge is 2.09. The van der Waals surface area contributed by atoms with Gasteiger partial charge in [0.15, 0.2) is 0 Å². The summed E-state index contributed by atoms with van der Waals surface area (Å²) >= 11 is 3.47. The lowest BCUT2D eigenvalue weighted by molar-refractivity contribution is 0.619. The SMILES string of the molecule is CNC(CSc1cccc(F)c1)Cc1cccs1. The van der Waals surface area contributed by atoms with Gasteiger partial charge in [0.25, 0.3) is 0 Å². The monoisotopic (exact) mass is 281 g/mol. The van der Waals surface area contributed by atoms with Crippen molar-refractivity contribution < 1.29 is 4.39 Å². The maximum atomic E-state index is 13.1. The van der Waals surface area contributed by atoms with E-state index in [0.29, 0.717) is 6.04 Å². The van der Waals surface area contributed by atoms with Crippen LogP contribution >= 0.6 is 23.1 Å². The Bertz CT molecular complexity index is 470. The second kappa shape index (κ2) is 6.92. The van der Waals surface area contributed by atoms with Gasteiger partial charge in [0.2, 0.25) is 0 Å². The van der Waals surface area contributed by atoms with Crippen LogP contribution in [-0.2, 0) is 6.42 Å². The van der Waals surface area contributed by atoms with Gasteiger partial charge in [-0.2, -0.15) is 0 Å². The molecule has 0 radical (unpaired) electrons. The molecule has 0 aliphatic heterocycles. The first-order chi connectivity index (χ1) is 8.78. The van der Waals surface area contributed by atoms with Crippen molar-refractivity contribution >= 4 is 23.1 Å². The maximum absolute atomic E-state index is 13.1. The summed E-state index contributed by atoms with van der Waals surface area (Å²) in [5.41, 5.74) is 0. The van der Waals surface area contributed by atoms with E-state index in [2.05, 4.69) is 22.8 Å². The molecular weight excluding hydrogens is 265 g/mol. The van der Waals surface area contributed by atoms with Gasteiger partial charge in [0.1, 0.15) is 5.82 Å². The molecule has 0 spiro atoms. The average molecular weight is 281 g/mol. The van der Waals surface area contributed by atoms with Crippen molar-refractivity contribution in [2.45, 2.75) is 17.4 Å². The fourth-order valence-corrected chi connectivity index (χ4v) is 3.50. The minimum Gasteiger partial charge on any atom is -0.316 e. The van der Waals surface area contributed by atoms with Gasteiger partial charge in [-0.3, -0.25) is 0 Å². The molecule has 96 valence electrons. The second-order valence-corrected chi connectivity index (χ2v) is 6.16. The lowest BCUT2D eigenvalue weighted by Gasteiger charge is -2.14. The van der Waals surface area contributed by atoms with Crippen molar-refractivity contribution in [1.29, 1.82) is 0 Å². The summed E-state index contributed by atoms with van der Waals surface area (Å²) in [6, 6.07) is 11.4. The van der Waals surface area contributed by atoms with Crippen molar-refractivity contribution in [2.24, 2.45) is 0 Å². The van der Waals surface area contributed by atoms with E-state index in [9.17, 15) is 4.39 Å². The smallest absolute Gasteiger partial charge is 0.124 e. The van der Waals surface area contributed by atoms with Crippen LogP contribution in [0.2, 0.25) is 0 Å². The highest BCUT2D eigenvalue weighted by atomic mass is 32.2. The summed E-state index contributed by atoms with van der Waals surface area (Å²) in [5, 5.41) is 5.42. The summed E-state index contributed by atoms with van der Waals surface area (Å²) in [6.07, 6.45) is 1.02. The number of thiophene rings is 1. The Morgan fingerprint density at radius 3 is 2.89 bits per heavy atom. The zero-order valence-electron chi connectivity index (χ0n) is 10.2. The largest absolute Gasteiger partial charge is 0.316 e. The van der Waals surface area contributed by atoms with Crippen molar-refractivity contribution in [1.82, 2.24) is 5.32 Å². The van der Waals surface area contributed by atoms with E-state index in [1.165, 1.54) is 10.9 Å². The lowest BCUT2D eigenvalue weighted by Crippen LogP contribution is -2.29. The molecule has 2 aromatic rings. The van der Waals surface area contributed by atoms with Gasteiger partial charge < -0.3 is 5.32 Å². The Morgan fingerprint density at radius 2 is 2.22 bits per heavy atom. The van der Waals surface area contributed by atoms with Crippen LogP contribution in [0, 0.1) is 5.82 Å². The molecule has 0 amide bonds. The first kappa shape index (κ1) is 13.6. The van der Waals surface area contributed by atoms with Crippen LogP contribution in [0.4, 0.5) is 4.39 Å². The Morgan fingerprint density at radius 1 is 1.33 bits per heavy atom. The van der Waals surface area contributed by atoms with Crippen LogP contribution in [0.5, 0.6) is 0 Å². The van der Waals surface area contributed by atoms with E-state index in [1.54, 1.807) is 35.2 Å². The lowest BCUT2D eigenvalue weighted by atomic mass is 10.2. The molecule has 0 aliphatic carbocycles. The minimum atomic E-state index is -0.167. The van der Waals surface area contributed by atoms with Crippen LogP contribution < -0.4 is 5.32 Å². The molecule has 1 aromatic carbocycles. The normalized spacial score (nSPS) is 12.6. The van der Waals surface area contributed by atoms with Gasteiger partial charge in [-0.05, 0) is 43.1 Å². The molecule has 0 aliphatic rings. The molecule has 18 heavy (non-hydrogen) atoms. The number of benzene rings is 1. The quantitative estimate of drug-likeness (QED) is 0.808. The van der Waals surface area contributed by atoms with Gasteiger partial charge >= 0.3 is 0 Å². The van der Waals surface area contributed by atoms with E-state index in [4.69, 9.17) is 0 Å². The molecule has 0 saturated heterocycles. The van der Waals surface area contributed by atoms with Gasteiger partial charge in [0.05, 0.1) is 0 Å². The predicted molar refractivity (Wildman–Crippen MR) is 78.0 cm³/mol. The van der Waals surface area contributed by atoms with E-state index < -0.39 is 0 Å². The van der Waals surface area contributed by atoms with Gasteiger partial charge in [-0.1, -0.05) is 12.1 Å². The van der Waals surface area contributed by atoms with E-state index >= 15 is 0 Å². The van der Waals surface area contributed by atoms with E-state index in [-0.39, 0.29) is 5.82 Å². The molecule has 1 nitrogen and oxygen atoms in total. The van der Waals surface area contributed by atoms with Crippen molar-refractivity contribution in [3.8, 4) is 0 Å². The van der Waals surface area contributed by atoms with Crippen LogP contribution in [0.1, 0.15) is 4.88 Å². The first-order valence-corrected chi connectivity index (χ1v) is 7.72. The Kier molecular flexibility index (Phi) is 5.23. The van der Waals surface area contributed by atoms with Gasteiger partial charge in [-0.25, -0.2) is 4.39 Å². The summed E-state index contributed by atoms with van der Waals surface area (Å²) in [6.45, 7) is 0. The number of hydrogen-bond acceptors (Lipinski definition) is 3. The van der Waals surface area contributed by atoms with E-state index in [1.807, 2.05) is 13.1 Å². The fraction of sp³-hybridized carbons (Fsp3) is 0.286. The first-order valence-electron chi connectivity index (χ1n) is 5.86.